The van der Waals surface area contributed by atoms with Crippen LogP contribution >= 0.6 is 0 Å². The number of ether oxygens (including phenoxy) is 2. The molecule has 1 N–H and O–H groups in total. The van der Waals surface area contributed by atoms with Crippen molar-refractivity contribution in [3.8, 4) is 22.6 Å². The average Bonchev–Trinajstić information content (AvgIpc) is 3.41. The zero-order valence-electron chi connectivity index (χ0n) is 15.2. The van der Waals surface area contributed by atoms with Crippen molar-refractivity contribution < 1.29 is 9.47 Å². The molecule has 0 amide bonds. The van der Waals surface area contributed by atoms with Crippen LogP contribution in [0.2, 0.25) is 0 Å². The number of aromatic nitrogens is 2. The standard InChI is InChI=1S/C22H23N3O2/c1-3-17(19-5-6-21-22(13-19)27-15-26-21)4-2-16(1)14-25-11-8-18(9-12-25)20-7-10-23-24-20/h1-7,10,13,18H,8-9,11-12,14-15H2,(H,23,24). The average molecular weight is 361 g/mol. The highest BCUT2D eigenvalue weighted by molar-refractivity contribution is 5.67. The smallest absolute Gasteiger partial charge is 0.231 e. The van der Waals surface area contributed by atoms with Crippen LogP contribution in [0.15, 0.2) is 54.7 Å². The van der Waals surface area contributed by atoms with Crippen molar-refractivity contribution in [2.24, 2.45) is 0 Å². The Bertz CT molecular complexity index is 898. The molecule has 5 heteroatoms. The summed E-state index contributed by atoms with van der Waals surface area (Å²) >= 11 is 0. The zero-order chi connectivity index (χ0) is 18.1. The van der Waals surface area contributed by atoms with Crippen LogP contribution in [0.1, 0.15) is 30.0 Å². The SMILES string of the molecule is c1cc(C2CCN(Cc3ccc(-c4ccc5c(c4)OCO5)cc3)CC2)[nH]n1. The highest BCUT2D eigenvalue weighted by atomic mass is 16.7. The molecule has 27 heavy (non-hydrogen) atoms. The second-order valence-electron chi connectivity index (χ2n) is 7.33. The number of benzene rings is 2. The lowest BCUT2D eigenvalue weighted by Crippen LogP contribution is -2.32. The number of nitrogens with zero attached hydrogens (tertiary/aromatic N) is 2. The molecular weight excluding hydrogens is 338 g/mol. The first kappa shape index (κ1) is 16.4. The predicted molar refractivity (Wildman–Crippen MR) is 104 cm³/mol. The van der Waals surface area contributed by atoms with Gasteiger partial charge in [0, 0.05) is 24.4 Å². The van der Waals surface area contributed by atoms with Crippen molar-refractivity contribution in [1.29, 1.82) is 0 Å². The van der Waals surface area contributed by atoms with Crippen LogP contribution in [0, 0.1) is 0 Å². The molecule has 0 aliphatic carbocycles. The van der Waals surface area contributed by atoms with Crippen LogP contribution in [0.5, 0.6) is 11.5 Å². The number of hydrogen-bond donors (Lipinski definition) is 1. The molecule has 0 saturated carbocycles. The summed E-state index contributed by atoms with van der Waals surface area (Å²) < 4.78 is 10.9. The van der Waals surface area contributed by atoms with Gasteiger partial charge >= 0.3 is 0 Å². The number of nitrogens with one attached hydrogen (secondary N) is 1. The molecule has 138 valence electrons. The molecule has 3 aromatic rings. The van der Waals surface area contributed by atoms with E-state index in [1.54, 1.807) is 0 Å². The zero-order valence-corrected chi connectivity index (χ0v) is 15.2. The third-order valence-electron chi connectivity index (χ3n) is 5.62. The minimum absolute atomic E-state index is 0.314. The van der Waals surface area contributed by atoms with Crippen LogP contribution in [-0.4, -0.2) is 35.0 Å². The predicted octanol–water partition coefficient (Wildman–Crippen LogP) is 4.19. The van der Waals surface area contributed by atoms with E-state index in [1.165, 1.54) is 29.7 Å². The molecule has 1 saturated heterocycles. The van der Waals surface area contributed by atoms with E-state index >= 15 is 0 Å². The van der Waals surface area contributed by atoms with Gasteiger partial charge in [0.15, 0.2) is 11.5 Å². The maximum Gasteiger partial charge on any atom is 0.231 e. The van der Waals surface area contributed by atoms with Gasteiger partial charge in [-0.3, -0.25) is 10.00 Å². The molecule has 1 aromatic heterocycles. The summed E-state index contributed by atoms with van der Waals surface area (Å²) in [6, 6.07) is 17.1. The quantitative estimate of drug-likeness (QED) is 0.757. The number of rotatable bonds is 4. The molecule has 0 atom stereocenters. The van der Waals surface area contributed by atoms with E-state index in [9.17, 15) is 0 Å². The highest BCUT2D eigenvalue weighted by Gasteiger charge is 2.21. The minimum Gasteiger partial charge on any atom is -0.454 e. The molecule has 0 spiro atoms. The minimum atomic E-state index is 0.314. The molecule has 0 bridgehead atoms. The lowest BCUT2D eigenvalue weighted by molar-refractivity contribution is 0.174. The largest absolute Gasteiger partial charge is 0.454 e. The topological polar surface area (TPSA) is 50.4 Å². The Hall–Kier alpha value is -2.79. The van der Waals surface area contributed by atoms with E-state index in [4.69, 9.17) is 9.47 Å². The van der Waals surface area contributed by atoms with Gasteiger partial charge in [-0.1, -0.05) is 30.3 Å². The Labute approximate surface area is 158 Å². The van der Waals surface area contributed by atoms with Crippen molar-refractivity contribution in [2.45, 2.75) is 25.3 Å². The molecule has 2 aliphatic heterocycles. The van der Waals surface area contributed by atoms with Crippen molar-refractivity contribution in [1.82, 2.24) is 15.1 Å². The van der Waals surface area contributed by atoms with Crippen molar-refractivity contribution in [3.63, 3.8) is 0 Å². The molecule has 5 nitrogen and oxygen atoms in total. The van der Waals surface area contributed by atoms with Gasteiger partial charge in [0.25, 0.3) is 0 Å². The van der Waals surface area contributed by atoms with E-state index in [1.807, 2.05) is 12.3 Å². The lowest BCUT2D eigenvalue weighted by Gasteiger charge is -2.31. The number of H-pyrrole nitrogens is 1. The van der Waals surface area contributed by atoms with Gasteiger partial charge < -0.3 is 9.47 Å². The maximum absolute atomic E-state index is 5.49. The summed E-state index contributed by atoms with van der Waals surface area (Å²) in [5.74, 6) is 2.28. The Balaban J connectivity index is 1.21. The molecule has 2 aliphatic rings. The fourth-order valence-corrected chi connectivity index (χ4v) is 4.03. The molecule has 1 fully saturated rings. The monoisotopic (exact) mass is 361 g/mol. The van der Waals surface area contributed by atoms with E-state index in [-0.39, 0.29) is 0 Å². The fraction of sp³-hybridized carbons (Fsp3) is 0.318. The van der Waals surface area contributed by atoms with Gasteiger partial charge in [-0.05, 0) is 60.8 Å². The van der Waals surface area contributed by atoms with E-state index in [0.29, 0.717) is 12.7 Å². The van der Waals surface area contributed by atoms with Gasteiger partial charge in [0.2, 0.25) is 6.79 Å². The van der Waals surface area contributed by atoms with Gasteiger partial charge in [0.1, 0.15) is 0 Å². The Morgan fingerprint density at radius 3 is 2.48 bits per heavy atom. The number of likely N-dealkylation sites (tertiary alicyclic amines) is 1. The second-order valence-corrected chi connectivity index (χ2v) is 7.33. The third kappa shape index (κ3) is 3.43. The normalized spacial score (nSPS) is 17.3. The van der Waals surface area contributed by atoms with E-state index in [0.717, 1.165) is 36.7 Å². The number of hydrogen-bond acceptors (Lipinski definition) is 4. The third-order valence-corrected chi connectivity index (χ3v) is 5.62. The molecule has 0 unspecified atom stereocenters. The van der Waals surface area contributed by atoms with Crippen molar-refractivity contribution in [3.05, 3.63) is 66.0 Å². The van der Waals surface area contributed by atoms with Crippen molar-refractivity contribution in [2.75, 3.05) is 19.9 Å². The molecular formula is C22H23N3O2. The summed E-state index contributed by atoms with van der Waals surface area (Å²) in [7, 11) is 0. The summed E-state index contributed by atoms with van der Waals surface area (Å²) in [5, 5.41) is 7.21. The van der Waals surface area contributed by atoms with E-state index in [2.05, 4.69) is 57.6 Å². The molecule has 5 rings (SSSR count). The summed E-state index contributed by atoms with van der Waals surface area (Å²) in [5.41, 5.74) is 5.00. The van der Waals surface area contributed by atoms with Crippen LogP contribution in [0.3, 0.4) is 0 Å². The van der Waals surface area contributed by atoms with Gasteiger partial charge in [-0.2, -0.15) is 5.10 Å². The van der Waals surface area contributed by atoms with Crippen LogP contribution in [0.25, 0.3) is 11.1 Å². The molecule has 2 aromatic carbocycles. The van der Waals surface area contributed by atoms with E-state index < -0.39 is 0 Å². The number of fused-ring (bicyclic) bond motifs is 1. The first-order chi connectivity index (χ1) is 13.3. The maximum atomic E-state index is 5.49. The van der Waals surface area contributed by atoms with Crippen LogP contribution in [0.4, 0.5) is 0 Å². The van der Waals surface area contributed by atoms with Crippen LogP contribution in [-0.2, 0) is 6.54 Å². The summed E-state index contributed by atoms with van der Waals surface area (Å²) in [6.07, 6.45) is 4.23. The number of aromatic amines is 1. The Morgan fingerprint density at radius 2 is 1.70 bits per heavy atom. The first-order valence-electron chi connectivity index (χ1n) is 9.56. The van der Waals surface area contributed by atoms with Gasteiger partial charge in [0.05, 0.1) is 0 Å². The first-order valence-corrected chi connectivity index (χ1v) is 9.56. The van der Waals surface area contributed by atoms with Crippen LogP contribution < -0.4 is 9.47 Å². The fourth-order valence-electron chi connectivity index (χ4n) is 4.03. The summed E-state index contributed by atoms with van der Waals surface area (Å²) in [4.78, 5) is 2.54. The Morgan fingerprint density at radius 1 is 0.926 bits per heavy atom. The number of piperidine rings is 1. The van der Waals surface area contributed by atoms with Gasteiger partial charge in [-0.15, -0.1) is 0 Å². The molecule has 3 heterocycles. The van der Waals surface area contributed by atoms with Crippen molar-refractivity contribution >= 4 is 0 Å². The second kappa shape index (κ2) is 7.08. The Kier molecular flexibility index (Phi) is 4.30. The summed E-state index contributed by atoms with van der Waals surface area (Å²) in [6.45, 7) is 3.59. The lowest BCUT2D eigenvalue weighted by atomic mass is 9.93. The molecule has 0 radical (unpaired) electrons. The van der Waals surface area contributed by atoms with Gasteiger partial charge in [-0.25, -0.2) is 0 Å². The highest BCUT2D eigenvalue weighted by Crippen LogP contribution is 2.36.